The van der Waals surface area contributed by atoms with Crippen LogP contribution in [-0.4, -0.2) is 23.5 Å². The molecule has 1 amide bonds. The van der Waals surface area contributed by atoms with Gasteiger partial charge in [-0.1, -0.05) is 50.2 Å². The van der Waals surface area contributed by atoms with Crippen molar-refractivity contribution in [1.82, 2.24) is 10.3 Å². The summed E-state index contributed by atoms with van der Waals surface area (Å²) in [6.45, 7) is 4.84. The molecule has 2 rings (SSSR count). The summed E-state index contributed by atoms with van der Waals surface area (Å²) in [5.74, 6) is -0.372. The van der Waals surface area contributed by atoms with Gasteiger partial charge in [0, 0.05) is 12.2 Å². The third-order valence-corrected chi connectivity index (χ3v) is 3.84. The molecule has 0 radical (unpaired) electrons. The van der Waals surface area contributed by atoms with Crippen LogP contribution in [0.2, 0.25) is 0 Å². The topological polar surface area (TPSA) is 68.0 Å². The Morgan fingerprint density at radius 1 is 1.18 bits per heavy atom. The van der Waals surface area contributed by atoms with Crippen LogP contribution in [0.1, 0.15) is 31.5 Å². The number of hydrogen-bond acceptors (Lipinski definition) is 3. The molecule has 0 fully saturated rings. The zero-order valence-corrected chi connectivity index (χ0v) is 13.1. The monoisotopic (exact) mass is 297 g/mol. The lowest BCUT2D eigenvalue weighted by atomic mass is 9.73. The lowest BCUT2D eigenvalue weighted by molar-refractivity contribution is -0.122. The number of primary amides is 1. The number of pyridine rings is 1. The maximum Gasteiger partial charge on any atom is 0.234 e. The van der Waals surface area contributed by atoms with Crippen LogP contribution in [0.5, 0.6) is 0 Å². The minimum absolute atomic E-state index is 0.352. The molecule has 0 unspecified atom stereocenters. The quantitative estimate of drug-likeness (QED) is 0.823. The second kappa shape index (κ2) is 7.18. The number of aromatic nitrogens is 1. The number of carbonyl (C=O) groups is 1. The van der Waals surface area contributed by atoms with E-state index in [2.05, 4.69) is 24.1 Å². The van der Waals surface area contributed by atoms with Gasteiger partial charge in [-0.2, -0.15) is 0 Å². The SMILES string of the molecule is CC(C)NCC[C@@](C(N)=O)(c1ccccc1)c1ccccn1. The van der Waals surface area contributed by atoms with E-state index in [-0.39, 0.29) is 5.91 Å². The number of rotatable bonds is 7. The Kier molecular flexibility index (Phi) is 5.28. The molecular formula is C18H23N3O. The number of nitrogens with one attached hydrogen (secondary N) is 1. The number of benzene rings is 1. The summed E-state index contributed by atoms with van der Waals surface area (Å²) >= 11 is 0. The highest BCUT2D eigenvalue weighted by Gasteiger charge is 2.41. The molecule has 0 aliphatic carbocycles. The fourth-order valence-electron chi connectivity index (χ4n) is 2.70. The fourth-order valence-corrected chi connectivity index (χ4v) is 2.70. The van der Waals surface area contributed by atoms with Gasteiger partial charge in [0.15, 0.2) is 0 Å². The zero-order valence-electron chi connectivity index (χ0n) is 13.1. The van der Waals surface area contributed by atoms with Crippen LogP contribution in [0.4, 0.5) is 0 Å². The standard InChI is InChI=1S/C18H23N3O/c1-14(2)20-13-11-18(17(19)22,15-8-4-3-5-9-15)16-10-6-7-12-21-16/h3-10,12,14,20H,11,13H2,1-2H3,(H2,19,22)/t18-/m1/s1. The van der Waals surface area contributed by atoms with Gasteiger partial charge in [0.2, 0.25) is 5.91 Å². The summed E-state index contributed by atoms with van der Waals surface area (Å²) in [6, 6.07) is 15.6. The molecule has 0 spiro atoms. The van der Waals surface area contributed by atoms with Crippen molar-refractivity contribution >= 4 is 5.91 Å². The average molecular weight is 297 g/mol. The number of hydrogen-bond donors (Lipinski definition) is 2. The maximum absolute atomic E-state index is 12.5. The first-order valence-corrected chi connectivity index (χ1v) is 7.57. The Morgan fingerprint density at radius 3 is 2.41 bits per heavy atom. The van der Waals surface area contributed by atoms with E-state index in [0.717, 1.165) is 5.56 Å². The molecule has 4 nitrogen and oxygen atoms in total. The summed E-state index contributed by atoms with van der Waals surface area (Å²) in [7, 11) is 0. The first-order chi connectivity index (χ1) is 10.6. The number of amides is 1. The Labute approximate surface area is 131 Å². The first kappa shape index (κ1) is 16.2. The van der Waals surface area contributed by atoms with Gasteiger partial charge >= 0.3 is 0 Å². The molecule has 1 aromatic heterocycles. The van der Waals surface area contributed by atoms with Crippen LogP contribution in [0.3, 0.4) is 0 Å². The fraction of sp³-hybridized carbons (Fsp3) is 0.333. The van der Waals surface area contributed by atoms with Crippen molar-refractivity contribution in [2.45, 2.75) is 31.7 Å². The Morgan fingerprint density at radius 2 is 1.86 bits per heavy atom. The van der Waals surface area contributed by atoms with Crippen molar-refractivity contribution in [3.05, 3.63) is 66.0 Å². The maximum atomic E-state index is 12.5. The predicted molar refractivity (Wildman–Crippen MR) is 88.4 cm³/mol. The predicted octanol–water partition coefficient (Wildman–Crippen LogP) is 2.24. The van der Waals surface area contributed by atoms with E-state index in [0.29, 0.717) is 24.7 Å². The summed E-state index contributed by atoms with van der Waals surface area (Å²) in [5.41, 5.74) is 6.51. The second-order valence-electron chi connectivity index (χ2n) is 5.71. The molecule has 0 aliphatic heterocycles. The van der Waals surface area contributed by atoms with Crippen LogP contribution in [0.15, 0.2) is 54.7 Å². The van der Waals surface area contributed by atoms with Crippen molar-refractivity contribution in [3.63, 3.8) is 0 Å². The van der Waals surface area contributed by atoms with Crippen LogP contribution < -0.4 is 11.1 Å². The van der Waals surface area contributed by atoms with E-state index in [4.69, 9.17) is 5.73 Å². The number of nitrogens with two attached hydrogens (primary N) is 1. The van der Waals surface area contributed by atoms with Crippen molar-refractivity contribution in [2.75, 3.05) is 6.54 Å². The first-order valence-electron chi connectivity index (χ1n) is 7.57. The summed E-state index contributed by atoms with van der Waals surface area (Å²) in [5, 5.41) is 3.36. The van der Waals surface area contributed by atoms with Crippen molar-refractivity contribution < 1.29 is 4.79 Å². The second-order valence-corrected chi connectivity index (χ2v) is 5.71. The van der Waals surface area contributed by atoms with Crippen molar-refractivity contribution in [1.29, 1.82) is 0 Å². The van der Waals surface area contributed by atoms with E-state index in [1.165, 1.54) is 0 Å². The molecule has 1 heterocycles. The number of carbonyl (C=O) groups excluding carboxylic acids is 1. The number of nitrogens with zero attached hydrogens (tertiary/aromatic N) is 1. The third-order valence-electron chi connectivity index (χ3n) is 3.84. The highest BCUT2D eigenvalue weighted by Crippen LogP contribution is 2.34. The van der Waals surface area contributed by atoms with E-state index in [1.54, 1.807) is 6.20 Å². The molecule has 0 aliphatic rings. The highest BCUT2D eigenvalue weighted by atomic mass is 16.1. The summed E-state index contributed by atoms with van der Waals surface area (Å²) < 4.78 is 0. The largest absolute Gasteiger partial charge is 0.369 e. The molecule has 116 valence electrons. The van der Waals surface area contributed by atoms with E-state index < -0.39 is 5.41 Å². The van der Waals surface area contributed by atoms with Crippen LogP contribution in [-0.2, 0) is 10.2 Å². The van der Waals surface area contributed by atoms with E-state index >= 15 is 0 Å². The molecule has 1 aromatic carbocycles. The van der Waals surface area contributed by atoms with Gasteiger partial charge in [-0.3, -0.25) is 9.78 Å². The lowest BCUT2D eigenvalue weighted by Crippen LogP contribution is -2.45. The minimum Gasteiger partial charge on any atom is -0.369 e. The van der Waals surface area contributed by atoms with Crippen LogP contribution in [0, 0.1) is 0 Å². The van der Waals surface area contributed by atoms with Crippen molar-refractivity contribution in [3.8, 4) is 0 Å². The molecule has 1 atom stereocenters. The van der Waals surface area contributed by atoms with Gasteiger partial charge in [-0.05, 0) is 30.7 Å². The van der Waals surface area contributed by atoms with Crippen molar-refractivity contribution in [2.24, 2.45) is 5.73 Å². The molecule has 0 bridgehead atoms. The van der Waals surface area contributed by atoms with Gasteiger partial charge in [-0.25, -0.2) is 0 Å². The third kappa shape index (κ3) is 3.34. The molecule has 0 saturated carbocycles. The highest BCUT2D eigenvalue weighted by molar-refractivity contribution is 5.90. The minimum atomic E-state index is -0.912. The van der Waals surface area contributed by atoms with Gasteiger partial charge < -0.3 is 11.1 Å². The molecular weight excluding hydrogens is 274 g/mol. The van der Waals surface area contributed by atoms with Gasteiger partial charge in [0.25, 0.3) is 0 Å². The summed E-state index contributed by atoms with van der Waals surface area (Å²) in [6.07, 6.45) is 2.27. The van der Waals surface area contributed by atoms with E-state index in [1.807, 2.05) is 48.5 Å². The van der Waals surface area contributed by atoms with Gasteiger partial charge in [0.05, 0.1) is 5.69 Å². The van der Waals surface area contributed by atoms with E-state index in [9.17, 15) is 4.79 Å². The zero-order chi connectivity index (χ0) is 16.0. The molecule has 4 heteroatoms. The molecule has 3 N–H and O–H groups in total. The molecule has 0 saturated heterocycles. The van der Waals surface area contributed by atoms with Gasteiger partial charge in [0.1, 0.15) is 5.41 Å². The van der Waals surface area contributed by atoms with Gasteiger partial charge in [-0.15, -0.1) is 0 Å². The Hall–Kier alpha value is -2.20. The molecule has 22 heavy (non-hydrogen) atoms. The average Bonchev–Trinajstić information content (AvgIpc) is 2.53. The Balaban J connectivity index is 2.48. The van der Waals surface area contributed by atoms with Crippen LogP contribution in [0.25, 0.3) is 0 Å². The summed E-state index contributed by atoms with van der Waals surface area (Å²) in [4.78, 5) is 16.9. The molecule has 2 aromatic rings. The lowest BCUT2D eigenvalue weighted by Gasteiger charge is -2.31. The normalized spacial score (nSPS) is 13.8. The smallest absolute Gasteiger partial charge is 0.234 e. The Bertz CT molecular complexity index is 557. The van der Waals surface area contributed by atoms with Crippen LogP contribution >= 0.6 is 0 Å².